The number of hydrogen-bond acceptors (Lipinski definition) is 5. The summed E-state index contributed by atoms with van der Waals surface area (Å²) < 4.78 is 5.67. The fourth-order valence-corrected chi connectivity index (χ4v) is 4.15. The van der Waals surface area contributed by atoms with Crippen molar-refractivity contribution in [2.75, 3.05) is 63.9 Å². The van der Waals surface area contributed by atoms with Crippen molar-refractivity contribution in [3.8, 4) is 5.75 Å². The van der Waals surface area contributed by atoms with Crippen LogP contribution in [0.2, 0.25) is 5.02 Å². The van der Waals surface area contributed by atoms with Crippen LogP contribution in [0, 0.1) is 0 Å². The first-order valence-corrected chi connectivity index (χ1v) is 9.48. The lowest BCUT2D eigenvalue weighted by Crippen LogP contribution is -2.50. The van der Waals surface area contributed by atoms with E-state index >= 15 is 0 Å². The van der Waals surface area contributed by atoms with Crippen LogP contribution in [0.1, 0.15) is 6.42 Å². The fourth-order valence-electron chi connectivity index (χ4n) is 3.99. The van der Waals surface area contributed by atoms with Crippen molar-refractivity contribution in [3.05, 3.63) is 23.2 Å². The van der Waals surface area contributed by atoms with Crippen LogP contribution in [0.25, 0.3) is 0 Å². The molecule has 0 bridgehead atoms. The predicted molar refractivity (Wildman–Crippen MR) is 113 cm³/mol. The Labute approximate surface area is 178 Å². The summed E-state index contributed by atoms with van der Waals surface area (Å²) >= 11 is 6.12. The molecule has 0 aromatic heterocycles. The molecular weight excluding hydrogens is 411 g/mol. The highest BCUT2D eigenvalue weighted by Crippen LogP contribution is 2.34. The number of nitrogens with one attached hydrogen (secondary N) is 1. The quantitative estimate of drug-likeness (QED) is 0.782. The van der Waals surface area contributed by atoms with Crippen LogP contribution < -0.4 is 15.0 Å². The normalized spacial score (nSPS) is 22.3. The van der Waals surface area contributed by atoms with E-state index in [0.717, 1.165) is 57.1 Å². The lowest BCUT2D eigenvalue weighted by Gasteiger charge is -2.33. The summed E-state index contributed by atoms with van der Waals surface area (Å²) in [6.07, 6.45) is 1.08. The number of anilines is 1. The molecule has 2 saturated heterocycles. The van der Waals surface area contributed by atoms with E-state index in [0.29, 0.717) is 30.8 Å². The first-order valence-electron chi connectivity index (χ1n) is 9.10. The van der Waals surface area contributed by atoms with Gasteiger partial charge in [-0.2, -0.15) is 0 Å². The van der Waals surface area contributed by atoms with Gasteiger partial charge in [0.25, 0.3) is 0 Å². The molecule has 1 aromatic carbocycles. The molecule has 4 rings (SSSR count). The van der Waals surface area contributed by atoms with Crippen LogP contribution in [0.3, 0.4) is 0 Å². The maximum atomic E-state index is 12.8. The van der Waals surface area contributed by atoms with Gasteiger partial charge in [0, 0.05) is 50.3 Å². The molecule has 3 heterocycles. The average Bonchev–Trinajstić information content (AvgIpc) is 3.13. The summed E-state index contributed by atoms with van der Waals surface area (Å²) in [5, 5.41) is 4.06. The Kier molecular flexibility index (Phi) is 8.31. The van der Waals surface area contributed by atoms with Gasteiger partial charge in [-0.25, -0.2) is 0 Å². The summed E-state index contributed by atoms with van der Waals surface area (Å²) in [4.78, 5) is 19.4. The number of hydrogen-bond donors (Lipinski definition) is 1. The Bertz CT molecular complexity index is 643. The molecular formula is C18H27Cl3N4O2. The molecule has 1 amide bonds. The zero-order chi connectivity index (χ0) is 17.2. The molecule has 1 unspecified atom stereocenters. The number of piperazine rings is 1. The van der Waals surface area contributed by atoms with E-state index in [1.54, 1.807) is 0 Å². The van der Waals surface area contributed by atoms with Crippen LogP contribution in [0.5, 0.6) is 5.75 Å². The monoisotopic (exact) mass is 436 g/mol. The van der Waals surface area contributed by atoms with Gasteiger partial charge in [0.1, 0.15) is 12.4 Å². The topological polar surface area (TPSA) is 48.1 Å². The molecule has 0 spiro atoms. The summed E-state index contributed by atoms with van der Waals surface area (Å²) in [6.45, 7) is 7.70. The summed E-state index contributed by atoms with van der Waals surface area (Å²) in [6, 6.07) is 6.10. The van der Waals surface area contributed by atoms with Crippen molar-refractivity contribution in [1.82, 2.24) is 15.1 Å². The van der Waals surface area contributed by atoms with Crippen molar-refractivity contribution in [2.45, 2.75) is 12.5 Å². The number of amides is 1. The molecule has 6 nitrogen and oxygen atoms in total. The maximum absolute atomic E-state index is 12.8. The van der Waals surface area contributed by atoms with E-state index in [9.17, 15) is 4.79 Å². The van der Waals surface area contributed by atoms with E-state index < -0.39 is 0 Å². The molecule has 27 heavy (non-hydrogen) atoms. The Balaban J connectivity index is 0.00000131. The van der Waals surface area contributed by atoms with E-state index in [4.69, 9.17) is 16.3 Å². The van der Waals surface area contributed by atoms with Crippen molar-refractivity contribution in [1.29, 1.82) is 0 Å². The molecule has 1 atom stereocenters. The molecule has 3 aliphatic rings. The van der Waals surface area contributed by atoms with Gasteiger partial charge < -0.3 is 19.9 Å². The molecule has 152 valence electrons. The maximum Gasteiger partial charge on any atom is 0.242 e. The molecule has 3 aliphatic heterocycles. The number of nitrogens with zero attached hydrogens (tertiary/aromatic N) is 3. The summed E-state index contributed by atoms with van der Waals surface area (Å²) in [5.74, 6) is 1.01. The Morgan fingerprint density at radius 3 is 2.74 bits per heavy atom. The number of benzene rings is 1. The summed E-state index contributed by atoms with van der Waals surface area (Å²) in [5.41, 5.74) is 0.921. The number of carbonyl (C=O) groups is 1. The second-order valence-electron chi connectivity index (χ2n) is 6.95. The van der Waals surface area contributed by atoms with Crippen molar-refractivity contribution < 1.29 is 9.53 Å². The van der Waals surface area contributed by atoms with Crippen LogP contribution in [-0.4, -0.2) is 80.7 Å². The highest BCUT2D eigenvalue weighted by atomic mass is 35.5. The predicted octanol–water partition coefficient (Wildman–Crippen LogP) is 1.89. The summed E-state index contributed by atoms with van der Waals surface area (Å²) in [7, 11) is 0. The molecule has 0 aliphatic carbocycles. The molecule has 9 heteroatoms. The third-order valence-electron chi connectivity index (χ3n) is 5.39. The van der Waals surface area contributed by atoms with Gasteiger partial charge in [0.05, 0.1) is 18.8 Å². The van der Waals surface area contributed by atoms with Gasteiger partial charge in [-0.3, -0.25) is 9.69 Å². The number of ether oxygens (including phenoxy) is 1. The molecule has 1 N–H and O–H groups in total. The first-order chi connectivity index (χ1) is 12.2. The van der Waals surface area contributed by atoms with Gasteiger partial charge >= 0.3 is 0 Å². The van der Waals surface area contributed by atoms with Crippen LogP contribution in [-0.2, 0) is 4.79 Å². The van der Waals surface area contributed by atoms with Gasteiger partial charge in [-0.15, -0.1) is 24.8 Å². The van der Waals surface area contributed by atoms with Gasteiger partial charge in [-0.05, 0) is 24.6 Å². The second-order valence-corrected chi connectivity index (χ2v) is 7.39. The molecule has 1 aromatic rings. The van der Waals surface area contributed by atoms with Crippen molar-refractivity contribution in [2.24, 2.45) is 0 Å². The minimum absolute atomic E-state index is 0. The fraction of sp³-hybridized carbons (Fsp3) is 0.611. The van der Waals surface area contributed by atoms with E-state index in [1.807, 2.05) is 23.1 Å². The zero-order valence-corrected chi connectivity index (χ0v) is 17.6. The second kappa shape index (κ2) is 10.0. The molecule has 0 radical (unpaired) electrons. The van der Waals surface area contributed by atoms with E-state index in [2.05, 4.69) is 15.1 Å². The third-order valence-corrected chi connectivity index (χ3v) is 5.63. The largest absolute Gasteiger partial charge is 0.490 e. The highest BCUT2D eigenvalue weighted by Gasteiger charge is 2.32. The van der Waals surface area contributed by atoms with Gasteiger partial charge in [-0.1, -0.05) is 11.6 Å². The highest BCUT2D eigenvalue weighted by molar-refractivity contribution is 6.31. The van der Waals surface area contributed by atoms with Gasteiger partial charge in [0.15, 0.2) is 0 Å². The Morgan fingerprint density at radius 1 is 1.19 bits per heavy atom. The zero-order valence-electron chi connectivity index (χ0n) is 15.2. The Morgan fingerprint density at radius 2 is 1.96 bits per heavy atom. The van der Waals surface area contributed by atoms with Crippen molar-refractivity contribution >= 4 is 48.0 Å². The van der Waals surface area contributed by atoms with Crippen molar-refractivity contribution in [3.63, 3.8) is 0 Å². The lowest BCUT2D eigenvalue weighted by molar-refractivity contribution is -0.128. The van der Waals surface area contributed by atoms with E-state index in [1.165, 1.54) is 0 Å². The number of fused-ring (bicyclic) bond motifs is 1. The smallest absolute Gasteiger partial charge is 0.242 e. The minimum Gasteiger partial charge on any atom is -0.490 e. The molecule has 0 saturated carbocycles. The molecule has 2 fully saturated rings. The van der Waals surface area contributed by atoms with Crippen LogP contribution in [0.15, 0.2) is 18.2 Å². The number of likely N-dealkylation sites (tertiary alicyclic amines) is 1. The minimum atomic E-state index is 0. The Hall–Kier alpha value is -0.920. The van der Waals surface area contributed by atoms with E-state index in [-0.39, 0.29) is 30.7 Å². The third kappa shape index (κ3) is 5.12. The number of carbonyl (C=O) groups excluding carboxylic acids is 1. The number of rotatable bonds is 3. The van der Waals surface area contributed by atoms with Crippen LogP contribution >= 0.6 is 36.4 Å². The average molecular weight is 438 g/mol. The SMILES string of the molecule is Cl.Cl.O=C(CN1CCOc2ccc(Cl)cc21)N1CCC(N2CCNCC2)C1. The van der Waals surface area contributed by atoms with Gasteiger partial charge in [0.2, 0.25) is 5.91 Å². The first kappa shape index (κ1) is 22.4. The standard InChI is InChI=1S/C18H25ClN4O2.2ClH/c19-14-1-2-17-16(11-14)22(9-10-25-17)13-18(24)23-6-3-15(12-23)21-7-4-20-5-8-21;;/h1-2,11,15,20H,3-10,12-13H2;2*1H. The number of halogens is 3. The van der Waals surface area contributed by atoms with Crippen LogP contribution in [0.4, 0.5) is 5.69 Å². The lowest BCUT2D eigenvalue weighted by atomic mass is 10.2.